The summed E-state index contributed by atoms with van der Waals surface area (Å²) in [5.41, 5.74) is 0.973. The first-order chi connectivity index (χ1) is 9.75. The number of rotatable bonds is 5. The fraction of sp³-hybridized carbons (Fsp3) is 0.625. The third-order valence-corrected chi connectivity index (χ3v) is 3.14. The molecule has 1 N–H and O–H groups in total. The average molecular weight is 281 g/mol. The number of phenols is 1. The smallest absolute Gasteiger partial charge is 0.122 e. The molecule has 1 aromatic carbocycles. The lowest BCUT2D eigenvalue weighted by Crippen LogP contribution is -2.37. The van der Waals surface area contributed by atoms with E-state index in [0.29, 0.717) is 6.61 Å². The van der Waals surface area contributed by atoms with Gasteiger partial charge in [0.05, 0.1) is 19.8 Å². The number of phenolic OH excluding ortho intramolecular Hbond substituents is 1. The topological polar surface area (TPSA) is 41.9 Å². The molecule has 1 heterocycles. The Morgan fingerprint density at radius 1 is 1.25 bits per heavy atom. The summed E-state index contributed by atoms with van der Waals surface area (Å²) in [4.78, 5) is 2.40. The number of morpholine rings is 1. The van der Waals surface area contributed by atoms with E-state index in [4.69, 9.17) is 9.47 Å². The van der Waals surface area contributed by atoms with Crippen LogP contribution in [0.3, 0.4) is 0 Å². The second kappa shape index (κ2) is 9.61. The molecule has 0 radical (unpaired) electrons. The Labute approximate surface area is 122 Å². The van der Waals surface area contributed by atoms with Gasteiger partial charge in [-0.25, -0.2) is 0 Å². The van der Waals surface area contributed by atoms with Crippen molar-refractivity contribution >= 4 is 0 Å². The molecular formula is C16H27NO3. The predicted octanol–water partition coefficient (Wildman–Crippen LogP) is 2.83. The number of ether oxygens (including phenoxy) is 2. The maximum absolute atomic E-state index is 9.31. The summed E-state index contributed by atoms with van der Waals surface area (Å²) in [6.45, 7) is 11.5. The molecule has 1 aliphatic heterocycles. The Morgan fingerprint density at radius 3 is 2.60 bits per heavy atom. The van der Waals surface area contributed by atoms with Gasteiger partial charge in [-0.2, -0.15) is 0 Å². The molecule has 1 aliphatic rings. The quantitative estimate of drug-likeness (QED) is 0.843. The molecule has 114 valence electrons. The number of hydrogen-bond acceptors (Lipinski definition) is 4. The maximum Gasteiger partial charge on any atom is 0.122 e. The summed E-state index contributed by atoms with van der Waals surface area (Å²) in [6.07, 6.45) is 1.01. The highest BCUT2D eigenvalue weighted by molar-refractivity contribution is 5.38. The van der Waals surface area contributed by atoms with E-state index in [1.807, 2.05) is 26.8 Å². The number of benzene rings is 1. The van der Waals surface area contributed by atoms with Crippen LogP contribution >= 0.6 is 0 Å². The zero-order valence-corrected chi connectivity index (χ0v) is 12.9. The van der Waals surface area contributed by atoms with E-state index in [-0.39, 0.29) is 5.75 Å². The molecule has 0 bridgehead atoms. The molecule has 2 rings (SSSR count). The van der Waals surface area contributed by atoms with E-state index < -0.39 is 0 Å². The molecule has 0 unspecified atom stereocenters. The predicted molar refractivity (Wildman–Crippen MR) is 81.6 cm³/mol. The van der Waals surface area contributed by atoms with Crippen molar-refractivity contribution in [2.75, 3.05) is 39.5 Å². The second-order valence-corrected chi connectivity index (χ2v) is 4.61. The first-order valence-corrected chi connectivity index (χ1v) is 7.48. The lowest BCUT2D eigenvalue weighted by atomic mass is 10.2. The molecule has 0 amide bonds. The van der Waals surface area contributed by atoms with Crippen molar-refractivity contribution in [1.29, 1.82) is 0 Å². The summed E-state index contributed by atoms with van der Waals surface area (Å²) < 4.78 is 11.0. The summed E-state index contributed by atoms with van der Waals surface area (Å²) in [5.74, 6) is 1.14. The van der Waals surface area contributed by atoms with Gasteiger partial charge in [-0.3, -0.25) is 4.90 Å². The van der Waals surface area contributed by atoms with Crippen molar-refractivity contribution in [2.24, 2.45) is 0 Å². The molecule has 4 heteroatoms. The van der Waals surface area contributed by atoms with Gasteiger partial charge in [-0.15, -0.1) is 0 Å². The third kappa shape index (κ3) is 5.80. The fourth-order valence-electron chi connectivity index (χ4n) is 2.09. The first kappa shape index (κ1) is 16.8. The molecular weight excluding hydrogens is 254 g/mol. The van der Waals surface area contributed by atoms with Crippen molar-refractivity contribution in [3.05, 3.63) is 23.8 Å². The Kier molecular flexibility index (Phi) is 8.07. The van der Waals surface area contributed by atoms with Gasteiger partial charge in [0.15, 0.2) is 0 Å². The van der Waals surface area contributed by atoms with E-state index in [1.54, 1.807) is 12.1 Å². The number of hydrogen-bond donors (Lipinski definition) is 1. The summed E-state index contributed by atoms with van der Waals surface area (Å²) >= 11 is 0. The largest absolute Gasteiger partial charge is 0.508 e. The zero-order chi connectivity index (χ0) is 14.8. The molecule has 0 spiro atoms. The minimum Gasteiger partial charge on any atom is -0.508 e. The number of nitrogens with zero attached hydrogens (tertiary/aromatic N) is 1. The van der Waals surface area contributed by atoms with Crippen molar-refractivity contribution in [3.8, 4) is 11.5 Å². The first-order valence-electron chi connectivity index (χ1n) is 7.48. The SMILES string of the molecule is CC.Cc1cc(O)ccc1OCCCN1CCOCC1. The molecule has 1 saturated heterocycles. The zero-order valence-electron chi connectivity index (χ0n) is 12.9. The minimum absolute atomic E-state index is 0.285. The monoisotopic (exact) mass is 281 g/mol. The van der Waals surface area contributed by atoms with Gasteiger partial charge < -0.3 is 14.6 Å². The lowest BCUT2D eigenvalue weighted by Gasteiger charge is -2.26. The Bertz CT molecular complexity index is 376. The maximum atomic E-state index is 9.31. The van der Waals surface area contributed by atoms with E-state index in [0.717, 1.165) is 50.6 Å². The van der Waals surface area contributed by atoms with Crippen LogP contribution < -0.4 is 4.74 Å². The molecule has 0 aromatic heterocycles. The molecule has 4 nitrogen and oxygen atoms in total. The van der Waals surface area contributed by atoms with Crippen molar-refractivity contribution < 1.29 is 14.6 Å². The Balaban J connectivity index is 0.000000956. The summed E-state index contributed by atoms with van der Waals surface area (Å²) in [5, 5.41) is 9.31. The normalized spacial score (nSPS) is 15.3. The molecule has 1 fully saturated rings. The van der Waals surface area contributed by atoms with Gasteiger partial charge >= 0.3 is 0 Å². The Morgan fingerprint density at radius 2 is 1.95 bits per heavy atom. The van der Waals surface area contributed by atoms with E-state index >= 15 is 0 Å². The highest BCUT2D eigenvalue weighted by Gasteiger charge is 2.09. The second-order valence-electron chi connectivity index (χ2n) is 4.61. The van der Waals surface area contributed by atoms with Crippen LogP contribution in [0.5, 0.6) is 11.5 Å². The van der Waals surface area contributed by atoms with Crippen LogP contribution in [0.15, 0.2) is 18.2 Å². The average Bonchev–Trinajstić information content (AvgIpc) is 2.48. The van der Waals surface area contributed by atoms with Crippen molar-refractivity contribution in [3.63, 3.8) is 0 Å². The highest BCUT2D eigenvalue weighted by Crippen LogP contribution is 2.22. The van der Waals surface area contributed by atoms with Crippen molar-refractivity contribution in [1.82, 2.24) is 4.90 Å². The van der Waals surface area contributed by atoms with Gasteiger partial charge in [-0.05, 0) is 37.1 Å². The van der Waals surface area contributed by atoms with E-state index in [1.165, 1.54) is 0 Å². The van der Waals surface area contributed by atoms with Crippen LogP contribution in [0, 0.1) is 6.92 Å². The molecule has 1 aromatic rings. The van der Waals surface area contributed by atoms with E-state index in [9.17, 15) is 5.11 Å². The van der Waals surface area contributed by atoms with Crippen LogP contribution in [0.2, 0.25) is 0 Å². The minimum atomic E-state index is 0.285. The molecule has 0 atom stereocenters. The fourth-order valence-corrected chi connectivity index (χ4v) is 2.09. The van der Waals surface area contributed by atoms with Gasteiger partial charge in [-0.1, -0.05) is 13.8 Å². The summed E-state index contributed by atoms with van der Waals surface area (Å²) in [7, 11) is 0. The number of aromatic hydroxyl groups is 1. The molecule has 20 heavy (non-hydrogen) atoms. The van der Waals surface area contributed by atoms with E-state index in [2.05, 4.69) is 4.90 Å². The van der Waals surface area contributed by atoms with Gasteiger partial charge in [0.25, 0.3) is 0 Å². The standard InChI is InChI=1S/C14H21NO3.C2H6/c1-12-11-13(16)3-4-14(12)18-8-2-5-15-6-9-17-10-7-15;1-2/h3-4,11,16H,2,5-10H2,1H3;1-2H3. The van der Waals surface area contributed by atoms with Crippen LogP contribution in [-0.4, -0.2) is 49.5 Å². The lowest BCUT2D eigenvalue weighted by molar-refractivity contribution is 0.0358. The highest BCUT2D eigenvalue weighted by atomic mass is 16.5. The van der Waals surface area contributed by atoms with Gasteiger partial charge in [0, 0.05) is 19.6 Å². The van der Waals surface area contributed by atoms with Crippen LogP contribution in [0.1, 0.15) is 25.8 Å². The van der Waals surface area contributed by atoms with Crippen LogP contribution in [0.25, 0.3) is 0 Å². The van der Waals surface area contributed by atoms with Gasteiger partial charge in [0.2, 0.25) is 0 Å². The Hall–Kier alpha value is -1.26. The van der Waals surface area contributed by atoms with Crippen molar-refractivity contribution in [2.45, 2.75) is 27.2 Å². The van der Waals surface area contributed by atoms with Gasteiger partial charge in [0.1, 0.15) is 11.5 Å². The third-order valence-electron chi connectivity index (χ3n) is 3.14. The molecule has 0 saturated carbocycles. The van der Waals surface area contributed by atoms with Crippen LogP contribution in [-0.2, 0) is 4.74 Å². The number of aryl methyl sites for hydroxylation is 1. The molecule has 0 aliphatic carbocycles. The van der Waals surface area contributed by atoms with Crippen LogP contribution in [0.4, 0.5) is 0 Å². The summed E-state index contributed by atoms with van der Waals surface area (Å²) in [6, 6.07) is 5.20.